The second kappa shape index (κ2) is 5.48. The van der Waals surface area contributed by atoms with E-state index in [2.05, 4.69) is 20.9 Å². The fourth-order valence-corrected chi connectivity index (χ4v) is 2.20. The molecule has 1 heterocycles. The molecular weight excluding hydrogens is 292 g/mol. The van der Waals surface area contributed by atoms with Crippen LogP contribution in [0.1, 0.15) is 17.4 Å². The number of aromatic nitrogens is 1. The molecule has 0 bridgehead atoms. The van der Waals surface area contributed by atoms with Gasteiger partial charge in [-0.25, -0.2) is 0 Å². The predicted molar refractivity (Wildman–Crippen MR) is 77.1 cm³/mol. The van der Waals surface area contributed by atoms with Gasteiger partial charge in [-0.3, -0.25) is 9.78 Å². The number of pyridine rings is 1. The minimum absolute atomic E-state index is 0.0428. The van der Waals surface area contributed by atoms with E-state index in [9.17, 15) is 4.79 Å². The lowest BCUT2D eigenvalue weighted by atomic mass is 10.1. The summed E-state index contributed by atoms with van der Waals surface area (Å²) in [6.45, 7) is 2.00. The minimum atomic E-state index is -0.0428. The van der Waals surface area contributed by atoms with Gasteiger partial charge in [0.2, 0.25) is 0 Å². The highest BCUT2D eigenvalue weighted by atomic mass is 79.9. The third-order valence-corrected chi connectivity index (χ3v) is 4.02. The first kappa shape index (κ1) is 13.0. The quantitative estimate of drug-likeness (QED) is 0.816. The van der Waals surface area contributed by atoms with Crippen molar-refractivity contribution in [3.05, 3.63) is 42.2 Å². The standard InChI is InChI=1S/C14H15BrN2O/c1-10(9-15)17(2)14(18)13-12-6-4-3-5-11(12)7-8-16-13/h3-8,10H,9H2,1-2H3. The zero-order chi connectivity index (χ0) is 13.1. The van der Waals surface area contributed by atoms with Crippen LogP contribution in [0.25, 0.3) is 10.8 Å². The molecule has 0 aliphatic heterocycles. The molecule has 3 nitrogen and oxygen atoms in total. The number of fused-ring (bicyclic) bond motifs is 1. The van der Waals surface area contributed by atoms with Gasteiger partial charge >= 0.3 is 0 Å². The van der Waals surface area contributed by atoms with E-state index < -0.39 is 0 Å². The van der Waals surface area contributed by atoms with Crippen LogP contribution in [-0.4, -0.2) is 34.2 Å². The largest absolute Gasteiger partial charge is 0.337 e. The normalized spacial score (nSPS) is 12.4. The van der Waals surface area contributed by atoms with Gasteiger partial charge in [-0.2, -0.15) is 0 Å². The third-order valence-electron chi connectivity index (χ3n) is 3.08. The van der Waals surface area contributed by atoms with E-state index in [4.69, 9.17) is 0 Å². The smallest absolute Gasteiger partial charge is 0.273 e. The Morgan fingerprint density at radius 2 is 2.11 bits per heavy atom. The molecule has 2 aromatic rings. The summed E-state index contributed by atoms with van der Waals surface area (Å²) in [5.41, 5.74) is 0.517. The van der Waals surface area contributed by atoms with E-state index in [1.165, 1.54) is 0 Å². The minimum Gasteiger partial charge on any atom is -0.337 e. The van der Waals surface area contributed by atoms with Crippen molar-refractivity contribution in [2.45, 2.75) is 13.0 Å². The maximum absolute atomic E-state index is 12.4. The molecule has 1 aromatic heterocycles. The van der Waals surface area contributed by atoms with Crippen LogP contribution < -0.4 is 0 Å². The number of rotatable bonds is 3. The number of carbonyl (C=O) groups is 1. The third kappa shape index (κ3) is 2.38. The summed E-state index contributed by atoms with van der Waals surface area (Å²) in [5, 5.41) is 2.69. The van der Waals surface area contributed by atoms with Crippen molar-refractivity contribution in [3.63, 3.8) is 0 Å². The Kier molecular flexibility index (Phi) is 3.97. The second-order valence-electron chi connectivity index (χ2n) is 4.30. The molecule has 0 saturated heterocycles. The number of nitrogens with zero attached hydrogens (tertiary/aromatic N) is 2. The number of benzene rings is 1. The van der Waals surface area contributed by atoms with Crippen LogP contribution in [-0.2, 0) is 0 Å². The van der Waals surface area contributed by atoms with Gasteiger partial charge in [-0.05, 0) is 18.4 Å². The van der Waals surface area contributed by atoms with Gasteiger partial charge in [-0.1, -0.05) is 40.2 Å². The number of carbonyl (C=O) groups excluding carboxylic acids is 1. The van der Waals surface area contributed by atoms with E-state index in [1.807, 2.05) is 37.3 Å². The van der Waals surface area contributed by atoms with E-state index in [0.717, 1.165) is 16.1 Å². The summed E-state index contributed by atoms with van der Waals surface area (Å²) in [6.07, 6.45) is 1.68. The lowest BCUT2D eigenvalue weighted by Crippen LogP contribution is -2.36. The van der Waals surface area contributed by atoms with E-state index in [1.54, 1.807) is 18.1 Å². The van der Waals surface area contributed by atoms with Gasteiger partial charge in [0, 0.05) is 30.0 Å². The highest BCUT2D eigenvalue weighted by Gasteiger charge is 2.19. The molecule has 1 aromatic carbocycles. The molecule has 0 saturated carbocycles. The van der Waals surface area contributed by atoms with Crippen molar-refractivity contribution < 1.29 is 4.79 Å². The number of halogens is 1. The van der Waals surface area contributed by atoms with Crippen LogP contribution in [0, 0.1) is 0 Å². The van der Waals surface area contributed by atoms with E-state index in [0.29, 0.717) is 5.69 Å². The molecule has 94 valence electrons. The Balaban J connectivity index is 2.45. The molecule has 0 N–H and O–H groups in total. The van der Waals surface area contributed by atoms with Crippen LogP contribution in [0.2, 0.25) is 0 Å². The highest BCUT2D eigenvalue weighted by molar-refractivity contribution is 9.09. The maximum atomic E-state index is 12.4. The van der Waals surface area contributed by atoms with E-state index in [-0.39, 0.29) is 11.9 Å². The van der Waals surface area contributed by atoms with Gasteiger partial charge in [-0.15, -0.1) is 0 Å². The van der Waals surface area contributed by atoms with Gasteiger partial charge in [0.15, 0.2) is 0 Å². The predicted octanol–water partition coefficient (Wildman–Crippen LogP) is 3.09. The summed E-state index contributed by atoms with van der Waals surface area (Å²) < 4.78 is 0. The highest BCUT2D eigenvalue weighted by Crippen LogP contribution is 2.18. The Morgan fingerprint density at radius 3 is 2.83 bits per heavy atom. The Hall–Kier alpha value is -1.42. The molecule has 0 fully saturated rings. The molecule has 0 aliphatic carbocycles. The maximum Gasteiger partial charge on any atom is 0.273 e. The fourth-order valence-electron chi connectivity index (χ4n) is 1.76. The molecule has 1 atom stereocenters. The molecule has 0 spiro atoms. The second-order valence-corrected chi connectivity index (χ2v) is 4.95. The summed E-state index contributed by atoms with van der Waals surface area (Å²) in [4.78, 5) is 18.4. The van der Waals surface area contributed by atoms with Crippen LogP contribution in [0.5, 0.6) is 0 Å². The van der Waals surface area contributed by atoms with Gasteiger partial charge in [0.1, 0.15) is 5.69 Å². The van der Waals surface area contributed by atoms with Crippen LogP contribution in [0.4, 0.5) is 0 Å². The average molecular weight is 307 g/mol. The molecule has 4 heteroatoms. The number of amides is 1. The first-order valence-electron chi connectivity index (χ1n) is 5.82. The molecule has 0 aliphatic rings. The molecule has 1 amide bonds. The van der Waals surface area contributed by atoms with Gasteiger partial charge in [0.25, 0.3) is 5.91 Å². The first-order chi connectivity index (χ1) is 8.65. The van der Waals surface area contributed by atoms with Crippen LogP contribution in [0.15, 0.2) is 36.5 Å². The molecular formula is C14H15BrN2O. The first-order valence-corrected chi connectivity index (χ1v) is 6.94. The monoisotopic (exact) mass is 306 g/mol. The average Bonchev–Trinajstić information content (AvgIpc) is 2.44. The number of hydrogen-bond acceptors (Lipinski definition) is 2. The van der Waals surface area contributed by atoms with Crippen molar-refractivity contribution in [2.24, 2.45) is 0 Å². The lowest BCUT2D eigenvalue weighted by Gasteiger charge is -2.23. The molecule has 0 radical (unpaired) electrons. The zero-order valence-electron chi connectivity index (χ0n) is 10.4. The van der Waals surface area contributed by atoms with Crippen molar-refractivity contribution >= 4 is 32.6 Å². The van der Waals surface area contributed by atoms with E-state index >= 15 is 0 Å². The van der Waals surface area contributed by atoms with Crippen molar-refractivity contribution in [1.29, 1.82) is 0 Å². The summed E-state index contributed by atoms with van der Waals surface area (Å²) >= 11 is 3.39. The Morgan fingerprint density at radius 1 is 1.39 bits per heavy atom. The van der Waals surface area contributed by atoms with Crippen molar-refractivity contribution in [1.82, 2.24) is 9.88 Å². The summed E-state index contributed by atoms with van der Waals surface area (Å²) in [7, 11) is 1.80. The van der Waals surface area contributed by atoms with Gasteiger partial charge < -0.3 is 4.90 Å². The number of alkyl halides is 1. The molecule has 2 rings (SSSR count). The van der Waals surface area contributed by atoms with Crippen molar-refractivity contribution in [2.75, 3.05) is 12.4 Å². The SMILES string of the molecule is CC(CBr)N(C)C(=O)c1nccc2ccccc12. The summed E-state index contributed by atoms with van der Waals surface area (Å²) in [5.74, 6) is -0.0428. The lowest BCUT2D eigenvalue weighted by molar-refractivity contribution is 0.0754. The Labute approximate surface area is 115 Å². The molecule has 1 unspecified atom stereocenters. The number of hydrogen-bond donors (Lipinski definition) is 0. The zero-order valence-corrected chi connectivity index (χ0v) is 12.0. The van der Waals surface area contributed by atoms with Crippen LogP contribution >= 0.6 is 15.9 Å². The fraction of sp³-hybridized carbons (Fsp3) is 0.286. The Bertz CT molecular complexity index is 565. The van der Waals surface area contributed by atoms with Gasteiger partial charge in [0.05, 0.1) is 0 Å². The molecule has 18 heavy (non-hydrogen) atoms. The van der Waals surface area contributed by atoms with Crippen LogP contribution in [0.3, 0.4) is 0 Å². The topological polar surface area (TPSA) is 33.2 Å². The summed E-state index contributed by atoms with van der Waals surface area (Å²) in [6, 6.07) is 9.86. The van der Waals surface area contributed by atoms with Crippen molar-refractivity contribution in [3.8, 4) is 0 Å².